The van der Waals surface area contributed by atoms with Crippen molar-refractivity contribution in [3.63, 3.8) is 0 Å². The molecule has 1 amide bonds. The van der Waals surface area contributed by atoms with E-state index in [0.717, 1.165) is 16.5 Å². The molecule has 126 valence electrons. The summed E-state index contributed by atoms with van der Waals surface area (Å²) in [6, 6.07) is 18.4. The van der Waals surface area contributed by atoms with Crippen LogP contribution in [0.25, 0.3) is 10.8 Å². The van der Waals surface area contributed by atoms with E-state index in [2.05, 4.69) is 10.5 Å². The van der Waals surface area contributed by atoms with Gasteiger partial charge >= 0.3 is 0 Å². The van der Waals surface area contributed by atoms with Crippen molar-refractivity contribution in [2.45, 2.75) is 0 Å². The number of benzene rings is 3. The molecule has 0 fully saturated rings. The number of hydrogen-bond donors (Lipinski definition) is 2. The topological polar surface area (TPSA) is 64.9 Å². The summed E-state index contributed by atoms with van der Waals surface area (Å²) in [5.74, 6) is -0.187. The highest BCUT2D eigenvalue weighted by atomic mass is 16.3. The quantitative estimate of drug-likeness (QED) is 0.568. The zero-order valence-electron chi connectivity index (χ0n) is 14.1. The van der Waals surface area contributed by atoms with E-state index in [1.807, 2.05) is 61.5 Å². The smallest absolute Gasteiger partial charge is 0.271 e. The van der Waals surface area contributed by atoms with Gasteiger partial charge in [-0.2, -0.15) is 5.10 Å². The minimum Gasteiger partial charge on any atom is -0.507 e. The highest BCUT2D eigenvalue weighted by molar-refractivity contribution is 6.03. The van der Waals surface area contributed by atoms with E-state index in [1.54, 1.807) is 18.2 Å². The largest absolute Gasteiger partial charge is 0.507 e. The van der Waals surface area contributed by atoms with Crippen molar-refractivity contribution in [3.05, 3.63) is 71.8 Å². The van der Waals surface area contributed by atoms with Crippen LogP contribution in [0, 0.1) is 0 Å². The van der Waals surface area contributed by atoms with Crippen molar-refractivity contribution in [2.24, 2.45) is 5.10 Å². The molecule has 0 bridgehead atoms. The summed E-state index contributed by atoms with van der Waals surface area (Å²) in [6.45, 7) is 0. The molecule has 0 aliphatic rings. The third-order valence-corrected chi connectivity index (χ3v) is 3.95. The number of carbonyl (C=O) groups excluding carboxylic acids is 1. The van der Waals surface area contributed by atoms with E-state index in [4.69, 9.17) is 0 Å². The van der Waals surface area contributed by atoms with Gasteiger partial charge in [-0.1, -0.05) is 30.3 Å². The van der Waals surface area contributed by atoms with Gasteiger partial charge in [0, 0.05) is 30.9 Å². The highest BCUT2D eigenvalue weighted by Gasteiger charge is 2.06. The van der Waals surface area contributed by atoms with Gasteiger partial charge in [0.25, 0.3) is 5.91 Å². The Morgan fingerprint density at radius 1 is 1.04 bits per heavy atom. The molecule has 0 aliphatic carbocycles. The van der Waals surface area contributed by atoms with E-state index >= 15 is 0 Å². The maximum atomic E-state index is 12.2. The Hall–Kier alpha value is -3.34. The van der Waals surface area contributed by atoms with Crippen LogP contribution in [0.15, 0.2) is 65.8 Å². The molecule has 3 rings (SSSR count). The Morgan fingerprint density at radius 3 is 2.48 bits per heavy atom. The number of nitrogens with zero attached hydrogens (tertiary/aromatic N) is 2. The second-order valence-corrected chi connectivity index (χ2v) is 5.86. The van der Waals surface area contributed by atoms with Crippen LogP contribution in [-0.4, -0.2) is 31.3 Å². The fourth-order valence-corrected chi connectivity index (χ4v) is 2.55. The number of aromatic hydroxyl groups is 1. The SMILES string of the molecule is CN(C)c1ccc(C(=O)NN=Cc2c(O)ccc3ccccc23)cc1. The van der Waals surface area contributed by atoms with Crippen molar-refractivity contribution in [3.8, 4) is 5.75 Å². The molecule has 0 atom stereocenters. The number of hydrazone groups is 1. The predicted octanol–water partition coefficient (Wildman–Crippen LogP) is 3.38. The first-order valence-electron chi connectivity index (χ1n) is 7.88. The van der Waals surface area contributed by atoms with Crippen molar-refractivity contribution < 1.29 is 9.90 Å². The van der Waals surface area contributed by atoms with Crippen LogP contribution in [0.3, 0.4) is 0 Å². The maximum absolute atomic E-state index is 12.2. The number of amides is 1. The summed E-state index contributed by atoms with van der Waals surface area (Å²) in [4.78, 5) is 14.1. The fourth-order valence-electron chi connectivity index (χ4n) is 2.55. The lowest BCUT2D eigenvalue weighted by Crippen LogP contribution is -2.18. The number of hydrogen-bond acceptors (Lipinski definition) is 4. The summed E-state index contributed by atoms with van der Waals surface area (Å²) in [7, 11) is 3.88. The van der Waals surface area contributed by atoms with Gasteiger partial charge in [0.15, 0.2) is 0 Å². The molecule has 25 heavy (non-hydrogen) atoms. The lowest BCUT2D eigenvalue weighted by atomic mass is 10.0. The number of phenolic OH excluding ortho intramolecular Hbond substituents is 1. The van der Waals surface area contributed by atoms with Crippen molar-refractivity contribution in [1.29, 1.82) is 0 Å². The monoisotopic (exact) mass is 333 g/mol. The van der Waals surface area contributed by atoms with Gasteiger partial charge in [-0.25, -0.2) is 5.43 Å². The van der Waals surface area contributed by atoms with Crippen molar-refractivity contribution >= 4 is 28.6 Å². The van der Waals surface area contributed by atoms with Crippen molar-refractivity contribution in [1.82, 2.24) is 5.43 Å². The van der Waals surface area contributed by atoms with Gasteiger partial charge in [0.1, 0.15) is 5.75 Å². The number of nitrogens with one attached hydrogen (secondary N) is 1. The predicted molar refractivity (Wildman–Crippen MR) is 101 cm³/mol. The van der Waals surface area contributed by atoms with Gasteiger partial charge in [-0.3, -0.25) is 4.79 Å². The molecule has 0 aromatic heterocycles. The second-order valence-electron chi connectivity index (χ2n) is 5.86. The van der Waals surface area contributed by atoms with Crippen LogP contribution in [0.5, 0.6) is 5.75 Å². The average Bonchev–Trinajstić information content (AvgIpc) is 2.63. The molecule has 2 N–H and O–H groups in total. The van der Waals surface area contributed by atoms with Gasteiger partial charge in [-0.15, -0.1) is 0 Å². The van der Waals surface area contributed by atoms with E-state index in [1.165, 1.54) is 6.21 Å². The molecule has 0 aliphatic heterocycles. The molecule has 5 nitrogen and oxygen atoms in total. The minimum atomic E-state index is -0.304. The zero-order valence-corrected chi connectivity index (χ0v) is 14.1. The van der Waals surface area contributed by atoms with Gasteiger partial charge in [0.2, 0.25) is 0 Å². The van der Waals surface area contributed by atoms with Crippen LogP contribution in [0.2, 0.25) is 0 Å². The Bertz CT molecular complexity index is 931. The summed E-state index contributed by atoms with van der Waals surface area (Å²) >= 11 is 0. The fraction of sp³-hybridized carbons (Fsp3) is 0.100. The van der Waals surface area contributed by atoms with E-state index in [0.29, 0.717) is 11.1 Å². The Balaban J connectivity index is 1.77. The maximum Gasteiger partial charge on any atom is 0.271 e. The Kier molecular flexibility index (Phi) is 4.66. The molecule has 0 heterocycles. The summed E-state index contributed by atoms with van der Waals surface area (Å²) in [6.07, 6.45) is 1.46. The zero-order chi connectivity index (χ0) is 17.8. The van der Waals surface area contributed by atoms with Crippen LogP contribution >= 0.6 is 0 Å². The number of carbonyl (C=O) groups is 1. The first kappa shape index (κ1) is 16.5. The van der Waals surface area contributed by atoms with Gasteiger partial charge < -0.3 is 10.0 Å². The Morgan fingerprint density at radius 2 is 1.76 bits per heavy atom. The number of fused-ring (bicyclic) bond motifs is 1. The Labute approximate surface area is 146 Å². The highest BCUT2D eigenvalue weighted by Crippen LogP contribution is 2.25. The first-order chi connectivity index (χ1) is 12.1. The molecular formula is C20H19N3O2. The molecule has 3 aromatic rings. The van der Waals surface area contributed by atoms with E-state index < -0.39 is 0 Å². The van der Waals surface area contributed by atoms with Crippen LogP contribution < -0.4 is 10.3 Å². The van der Waals surface area contributed by atoms with Crippen LogP contribution in [0.1, 0.15) is 15.9 Å². The summed E-state index contributed by atoms with van der Waals surface area (Å²) in [5.41, 5.74) is 4.60. The normalized spacial score (nSPS) is 11.0. The molecule has 0 saturated heterocycles. The van der Waals surface area contributed by atoms with E-state index in [-0.39, 0.29) is 11.7 Å². The van der Waals surface area contributed by atoms with Crippen LogP contribution in [-0.2, 0) is 0 Å². The van der Waals surface area contributed by atoms with Crippen LogP contribution in [0.4, 0.5) is 5.69 Å². The third kappa shape index (κ3) is 3.61. The van der Waals surface area contributed by atoms with E-state index in [9.17, 15) is 9.90 Å². The molecule has 3 aromatic carbocycles. The third-order valence-electron chi connectivity index (χ3n) is 3.95. The minimum absolute atomic E-state index is 0.118. The molecule has 5 heteroatoms. The molecule has 0 unspecified atom stereocenters. The number of rotatable bonds is 4. The van der Waals surface area contributed by atoms with Crippen molar-refractivity contribution in [2.75, 3.05) is 19.0 Å². The summed E-state index contributed by atoms with van der Waals surface area (Å²) in [5, 5.41) is 15.9. The molecule has 0 radical (unpaired) electrons. The number of phenols is 1. The lowest BCUT2D eigenvalue weighted by Gasteiger charge is -2.12. The lowest BCUT2D eigenvalue weighted by molar-refractivity contribution is 0.0955. The molecule has 0 spiro atoms. The summed E-state index contributed by atoms with van der Waals surface area (Å²) < 4.78 is 0. The van der Waals surface area contributed by atoms with Gasteiger partial charge in [-0.05, 0) is 41.1 Å². The van der Waals surface area contributed by atoms with Gasteiger partial charge in [0.05, 0.1) is 6.21 Å². The average molecular weight is 333 g/mol. The second kappa shape index (κ2) is 7.05. The first-order valence-corrected chi connectivity index (χ1v) is 7.88. The molecular weight excluding hydrogens is 314 g/mol. The molecule has 0 saturated carbocycles. The number of anilines is 1. The standard InChI is InChI=1S/C20H19N3O2/c1-23(2)16-10-7-15(8-11-16)20(25)22-21-13-18-17-6-4-3-5-14(17)9-12-19(18)24/h3-13,24H,1-2H3,(H,22,25).